The van der Waals surface area contributed by atoms with Crippen molar-refractivity contribution in [3.63, 3.8) is 0 Å². The molecule has 2 aromatic rings. The highest BCUT2D eigenvalue weighted by Crippen LogP contribution is 2.20. The summed E-state index contributed by atoms with van der Waals surface area (Å²) in [6, 6.07) is 15.5. The van der Waals surface area contributed by atoms with E-state index in [9.17, 15) is 4.79 Å². The number of esters is 1. The molecule has 27 heavy (non-hydrogen) atoms. The second-order valence-electron chi connectivity index (χ2n) is 5.56. The Morgan fingerprint density at radius 1 is 1.11 bits per heavy atom. The van der Waals surface area contributed by atoms with Gasteiger partial charge in [0.05, 0.1) is 12.8 Å². The highest BCUT2D eigenvalue weighted by Gasteiger charge is 2.05. The van der Waals surface area contributed by atoms with E-state index in [-0.39, 0.29) is 6.79 Å². The van der Waals surface area contributed by atoms with Gasteiger partial charge in [-0.05, 0) is 31.0 Å². The number of carbonyl (C=O) groups is 1. The van der Waals surface area contributed by atoms with E-state index >= 15 is 0 Å². The zero-order chi connectivity index (χ0) is 19.5. The fraction of sp³-hybridized carbons (Fsp3) is 0.250. The number of ether oxygens (including phenoxy) is 2. The molecular weight excluding hydrogens is 348 g/mol. The SMILES string of the molecule is COC(=O)/C=N/OCOc1cc(/C(C)=N/OCc2ccccc2)ccc1C. The molecule has 0 saturated heterocycles. The second-order valence-corrected chi connectivity index (χ2v) is 5.56. The number of aryl methyl sites for hydroxylation is 1. The molecule has 0 bridgehead atoms. The van der Waals surface area contributed by atoms with E-state index in [1.807, 2.05) is 62.4 Å². The Balaban J connectivity index is 1.91. The first-order chi connectivity index (χ1) is 13.1. The molecular formula is C20H22N2O5. The van der Waals surface area contributed by atoms with Gasteiger partial charge in [0.2, 0.25) is 0 Å². The van der Waals surface area contributed by atoms with Crippen LogP contribution in [0.3, 0.4) is 0 Å². The lowest BCUT2D eigenvalue weighted by molar-refractivity contribution is -0.132. The van der Waals surface area contributed by atoms with Gasteiger partial charge in [-0.3, -0.25) is 0 Å². The van der Waals surface area contributed by atoms with Gasteiger partial charge < -0.3 is 19.1 Å². The third-order valence-corrected chi connectivity index (χ3v) is 3.58. The zero-order valence-electron chi connectivity index (χ0n) is 15.5. The third kappa shape index (κ3) is 6.81. The molecule has 7 heteroatoms. The first-order valence-corrected chi connectivity index (χ1v) is 8.27. The highest BCUT2D eigenvalue weighted by atomic mass is 16.7. The van der Waals surface area contributed by atoms with Crippen LogP contribution in [-0.2, 0) is 25.8 Å². The monoisotopic (exact) mass is 370 g/mol. The molecule has 0 aliphatic rings. The van der Waals surface area contributed by atoms with Crippen LogP contribution in [0.15, 0.2) is 58.8 Å². The van der Waals surface area contributed by atoms with Crippen LogP contribution in [0.25, 0.3) is 0 Å². The molecule has 2 aromatic carbocycles. The molecule has 0 aromatic heterocycles. The summed E-state index contributed by atoms with van der Waals surface area (Å²) in [5.41, 5.74) is 3.56. The summed E-state index contributed by atoms with van der Waals surface area (Å²) in [5.74, 6) is 0.0221. The second kappa shape index (κ2) is 10.6. The van der Waals surface area contributed by atoms with Gasteiger partial charge in [0.25, 0.3) is 6.79 Å². The van der Waals surface area contributed by atoms with Crippen LogP contribution in [0, 0.1) is 6.92 Å². The summed E-state index contributed by atoms with van der Waals surface area (Å²) in [6.45, 7) is 4.03. The van der Waals surface area contributed by atoms with Gasteiger partial charge in [0.15, 0.2) is 6.21 Å². The fourth-order valence-corrected chi connectivity index (χ4v) is 2.06. The molecule has 0 saturated carbocycles. The van der Waals surface area contributed by atoms with E-state index in [0.717, 1.165) is 28.6 Å². The lowest BCUT2D eigenvalue weighted by atomic mass is 10.1. The smallest absolute Gasteiger partial charge is 0.352 e. The third-order valence-electron chi connectivity index (χ3n) is 3.58. The maximum Gasteiger partial charge on any atom is 0.352 e. The average Bonchev–Trinajstić information content (AvgIpc) is 2.69. The summed E-state index contributed by atoms with van der Waals surface area (Å²) >= 11 is 0. The van der Waals surface area contributed by atoms with Crippen molar-refractivity contribution in [2.45, 2.75) is 20.5 Å². The molecule has 0 aliphatic heterocycles. The summed E-state index contributed by atoms with van der Waals surface area (Å²) in [7, 11) is 1.26. The molecule has 142 valence electrons. The van der Waals surface area contributed by atoms with Crippen LogP contribution < -0.4 is 4.74 Å². The Morgan fingerprint density at radius 2 is 1.89 bits per heavy atom. The number of nitrogens with zero attached hydrogens (tertiary/aromatic N) is 2. The van der Waals surface area contributed by atoms with E-state index in [1.54, 1.807) is 0 Å². The van der Waals surface area contributed by atoms with Crippen molar-refractivity contribution in [2.24, 2.45) is 10.3 Å². The van der Waals surface area contributed by atoms with E-state index in [2.05, 4.69) is 15.0 Å². The van der Waals surface area contributed by atoms with Crippen LogP contribution in [0.4, 0.5) is 0 Å². The van der Waals surface area contributed by atoms with Gasteiger partial charge in [0, 0.05) is 5.56 Å². The first kappa shape index (κ1) is 20.0. The van der Waals surface area contributed by atoms with Crippen LogP contribution in [0.1, 0.15) is 23.6 Å². The van der Waals surface area contributed by atoms with Crippen LogP contribution >= 0.6 is 0 Å². The highest BCUT2D eigenvalue weighted by molar-refractivity contribution is 6.22. The van der Waals surface area contributed by atoms with Crippen molar-refractivity contribution in [2.75, 3.05) is 13.9 Å². The molecule has 0 amide bonds. The molecule has 0 aliphatic carbocycles. The Hall–Kier alpha value is -3.35. The largest absolute Gasteiger partial charge is 0.465 e. The van der Waals surface area contributed by atoms with Gasteiger partial charge in [-0.1, -0.05) is 52.8 Å². The minimum absolute atomic E-state index is 0.140. The Morgan fingerprint density at radius 3 is 2.63 bits per heavy atom. The molecule has 0 spiro atoms. The maximum absolute atomic E-state index is 10.9. The summed E-state index contributed by atoms with van der Waals surface area (Å²) in [4.78, 5) is 21.2. The van der Waals surface area contributed by atoms with Crippen molar-refractivity contribution in [1.82, 2.24) is 0 Å². The van der Waals surface area contributed by atoms with Gasteiger partial charge in [-0.15, -0.1) is 0 Å². The standard InChI is InChI=1S/C20H22N2O5/c1-15-9-10-18(11-19(15)25-14-27-21-12-20(23)24-3)16(2)22-26-13-17-7-5-4-6-8-17/h4-12H,13-14H2,1-3H3/b21-12+,22-16+. The maximum atomic E-state index is 10.9. The lowest BCUT2D eigenvalue weighted by Crippen LogP contribution is -2.05. The number of rotatable bonds is 9. The number of hydrogen-bond donors (Lipinski definition) is 0. The minimum Gasteiger partial charge on any atom is -0.465 e. The lowest BCUT2D eigenvalue weighted by Gasteiger charge is -2.10. The van der Waals surface area contributed by atoms with E-state index < -0.39 is 5.97 Å². The van der Waals surface area contributed by atoms with Crippen molar-refractivity contribution in [3.05, 3.63) is 65.2 Å². The van der Waals surface area contributed by atoms with Crippen molar-refractivity contribution in [1.29, 1.82) is 0 Å². The summed E-state index contributed by atoms with van der Waals surface area (Å²) in [6.07, 6.45) is 0.924. The van der Waals surface area contributed by atoms with Crippen molar-refractivity contribution < 1.29 is 23.9 Å². The molecule has 0 unspecified atom stereocenters. The number of hydrogen-bond acceptors (Lipinski definition) is 7. The Bertz CT molecular complexity index is 803. The predicted octanol–water partition coefficient (Wildman–Crippen LogP) is 3.45. The van der Waals surface area contributed by atoms with Crippen molar-refractivity contribution >= 4 is 17.9 Å². The molecule has 2 rings (SSSR count). The predicted molar refractivity (Wildman–Crippen MR) is 102 cm³/mol. The molecule has 0 heterocycles. The van der Waals surface area contributed by atoms with Gasteiger partial charge >= 0.3 is 5.97 Å². The summed E-state index contributed by atoms with van der Waals surface area (Å²) < 4.78 is 9.94. The number of carbonyl (C=O) groups excluding carboxylic acids is 1. The van der Waals surface area contributed by atoms with Gasteiger partial charge in [0.1, 0.15) is 12.4 Å². The van der Waals surface area contributed by atoms with Crippen LogP contribution in [0.5, 0.6) is 5.75 Å². The topological polar surface area (TPSA) is 78.7 Å². The Kier molecular flexibility index (Phi) is 7.84. The van der Waals surface area contributed by atoms with Crippen molar-refractivity contribution in [3.8, 4) is 5.75 Å². The Labute approximate surface area is 158 Å². The molecule has 0 atom stereocenters. The van der Waals surface area contributed by atoms with Gasteiger partial charge in [-0.2, -0.15) is 0 Å². The number of oxime groups is 2. The van der Waals surface area contributed by atoms with Gasteiger partial charge in [-0.25, -0.2) is 4.79 Å². The molecule has 7 nitrogen and oxygen atoms in total. The van der Waals surface area contributed by atoms with Crippen LogP contribution in [-0.4, -0.2) is 31.8 Å². The minimum atomic E-state index is -0.601. The molecule has 0 fully saturated rings. The number of methoxy groups -OCH3 is 1. The zero-order valence-corrected chi connectivity index (χ0v) is 15.5. The van der Waals surface area contributed by atoms with E-state index in [1.165, 1.54) is 7.11 Å². The first-order valence-electron chi connectivity index (χ1n) is 8.27. The van der Waals surface area contributed by atoms with E-state index in [4.69, 9.17) is 14.4 Å². The number of benzene rings is 2. The molecule has 0 radical (unpaired) electrons. The average molecular weight is 370 g/mol. The quantitative estimate of drug-likeness (QED) is 0.222. The normalized spacial score (nSPS) is 11.3. The van der Waals surface area contributed by atoms with Crippen LogP contribution in [0.2, 0.25) is 0 Å². The molecule has 0 N–H and O–H groups in total. The van der Waals surface area contributed by atoms with E-state index in [0.29, 0.717) is 12.4 Å². The summed E-state index contributed by atoms with van der Waals surface area (Å²) in [5, 5.41) is 7.60. The fourth-order valence-electron chi connectivity index (χ4n) is 2.06.